The van der Waals surface area contributed by atoms with E-state index in [1.54, 1.807) is 5.48 Å². The van der Waals surface area contributed by atoms with E-state index < -0.39 is 0 Å². The van der Waals surface area contributed by atoms with Gasteiger partial charge in [0.25, 0.3) is 0 Å². The topological polar surface area (TPSA) is 115 Å². The second-order valence-electron chi connectivity index (χ2n) is 7.64. The lowest BCUT2D eigenvalue weighted by Crippen LogP contribution is -2.50. The molecule has 31 heavy (non-hydrogen) atoms. The summed E-state index contributed by atoms with van der Waals surface area (Å²) in [6, 6.07) is 7.78. The first kappa shape index (κ1) is 23.1. The molecule has 1 aliphatic rings. The van der Waals surface area contributed by atoms with Crippen LogP contribution in [-0.2, 0) is 14.4 Å². The van der Waals surface area contributed by atoms with Crippen LogP contribution in [0, 0.1) is 0 Å². The van der Waals surface area contributed by atoms with Gasteiger partial charge in [-0.2, -0.15) is 0 Å². The number of hydrogen-bond acceptors (Lipinski definition) is 7. The molecule has 3 rings (SSSR count). The van der Waals surface area contributed by atoms with Crippen molar-refractivity contribution in [3.8, 4) is 0 Å². The number of hydrogen-bond donors (Lipinski definition) is 3. The largest absolute Gasteiger partial charge is 0.340 e. The Morgan fingerprint density at radius 2 is 1.68 bits per heavy atom. The quantitative estimate of drug-likeness (QED) is 0.292. The maximum Gasteiger partial charge on any atom is 0.243 e. The molecule has 0 unspecified atom stereocenters. The number of benzene rings is 1. The van der Waals surface area contributed by atoms with Gasteiger partial charge in [0.15, 0.2) is 5.13 Å². The molecule has 1 aliphatic heterocycles. The van der Waals surface area contributed by atoms with Gasteiger partial charge in [-0.05, 0) is 25.0 Å². The van der Waals surface area contributed by atoms with Crippen LogP contribution in [0.3, 0.4) is 0 Å². The van der Waals surface area contributed by atoms with Gasteiger partial charge in [-0.3, -0.25) is 24.5 Å². The van der Waals surface area contributed by atoms with Gasteiger partial charge in [0.2, 0.25) is 17.7 Å². The van der Waals surface area contributed by atoms with Gasteiger partial charge in [0.05, 0.1) is 16.8 Å². The number of nitrogens with one attached hydrogen (secondary N) is 2. The molecule has 3 amide bonds. The molecular formula is C21H29N5O4S. The van der Waals surface area contributed by atoms with Crippen molar-refractivity contribution in [1.29, 1.82) is 0 Å². The molecule has 0 radical (unpaired) electrons. The minimum absolute atomic E-state index is 0.0892. The summed E-state index contributed by atoms with van der Waals surface area (Å²) in [5.74, 6) is -0.317. The molecule has 1 fully saturated rings. The fraction of sp³-hybridized carbons (Fsp3) is 0.524. The average molecular weight is 448 g/mol. The number of thiazole rings is 1. The van der Waals surface area contributed by atoms with Gasteiger partial charge in [0.1, 0.15) is 0 Å². The number of amides is 3. The number of nitrogens with zero attached hydrogens (tertiary/aromatic N) is 3. The zero-order chi connectivity index (χ0) is 22.1. The molecule has 1 saturated heterocycles. The Labute approximate surface area is 185 Å². The first-order chi connectivity index (χ1) is 15.0. The third-order valence-electron chi connectivity index (χ3n) is 5.30. The molecule has 0 saturated carbocycles. The highest BCUT2D eigenvalue weighted by atomic mass is 32.1. The Hall–Kier alpha value is -2.56. The van der Waals surface area contributed by atoms with Crippen LogP contribution < -0.4 is 10.8 Å². The highest BCUT2D eigenvalue weighted by Gasteiger charge is 2.22. The molecule has 168 valence electrons. The van der Waals surface area contributed by atoms with Crippen molar-refractivity contribution >= 4 is 44.4 Å². The summed E-state index contributed by atoms with van der Waals surface area (Å²) in [4.78, 5) is 44.0. The van der Waals surface area contributed by atoms with Crippen LogP contribution in [0.5, 0.6) is 0 Å². The van der Waals surface area contributed by atoms with Crippen LogP contribution in [0.25, 0.3) is 10.2 Å². The van der Waals surface area contributed by atoms with Gasteiger partial charge in [-0.1, -0.05) is 36.3 Å². The van der Waals surface area contributed by atoms with Crippen molar-refractivity contribution in [2.24, 2.45) is 0 Å². The Balaban J connectivity index is 1.30. The predicted molar refractivity (Wildman–Crippen MR) is 119 cm³/mol. The minimum Gasteiger partial charge on any atom is -0.340 e. The zero-order valence-electron chi connectivity index (χ0n) is 17.5. The van der Waals surface area contributed by atoms with Gasteiger partial charge in [-0.25, -0.2) is 10.5 Å². The van der Waals surface area contributed by atoms with Gasteiger partial charge in [0, 0.05) is 39.0 Å². The third kappa shape index (κ3) is 7.27. The molecule has 3 N–H and O–H groups in total. The number of fused-ring (bicyclic) bond motifs is 1. The number of anilines is 1. The number of hydroxylamine groups is 1. The standard InChI is InChI=1S/C21H29N5O4S/c27-18(24-30)9-3-1-2-4-10-20(29)26-13-11-25(12-14-26)15-19(28)23-21-22-16-7-5-6-8-17(16)31-21/h5-8,30H,1-4,9-15H2,(H,24,27)(H,22,23,28). The molecule has 0 aliphatic carbocycles. The zero-order valence-corrected chi connectivity index (χ0v) is 18.3. The fourth-order valence-corrected chi connectivity index (χ4v) is 4.45. The van der Waals surface area contributed by atoms with Crippen LogP contribution in [0.1, 0.15) is 38.5 Å². The molecular weight excluding hydrogens is 418 g/mol. The number of rotatable bonds is 10. The molecule has 2 heterocycles. The van der Waals surface area contributed by atoms with Crippen molar-refractivity contribution < 1.29 is 19.6 Å². The van der Waals surface area contributed by atoms with E-state index in [0.29, 0.717) is 57.1 Å². The summed E-state index contributed by atoms with van der Waals surface area (Å²) < 4.78 is 1.04. The SMILES string of the molecule is O=C(CCCCCCC(=O)N1CCN(CC(=O)Nc2nc3ccccc3s2)CC1)NO. The van der Waals surface area contributed by atoms with Crippen molar-refractivity contribution in [3.05, 3.63) is 24.3 Å². The second-order valence-corrected chi connectivity index (χ2v) is 8.67. The Morgan fingerprint density at radius 1 is 0.968 bits per heavy atom. The normalized spacial score (nSPS) is 14.5. The van der Waals surface area contributed by atoms with Gasteiger partial charge < -0.3 is 10.2 Å². The molecule has 0 atom stereocenters. The van der Waals surface area contributed by atoms with Crippen LogP contribution in [0.2, 0.25) is 0 Å². The summed E-state index contributed by atoms with van der Waals surface area (Å²) >= 11 is 1.46. The van der Waals surface area contributed by atoms with E-state index in [-0.39, 0.29) is 17.7 Å². The highest BCUT2D eigenvalue weighted by Crippen LogP contribution is 2.25. The molecule has 0 bridgehead atoms. The summed E-state index contributed by atoms with van der Waals surface area (Å²) in [5, 5.41) is 11.9. The lowest BCUT2D eigenvalue weighted by Gasteiger charge is -2.34. The van der Waals surface area contributed by atoms with Gasteiger partial charge >= 0.3 is 0 Å². The van der Waals surface area contributed by atoms with E-state index in [4.69, 9.17) is 5.21 Å². The molecule has 9 nitrogen and oxygen atoms in total. The van der Waals surface area contributed by atoms with Crippen LogP contribution in [0.15, 0.2) is 24.3 Å². The lowest BCUT2D eigenvalue weighted by molar-refractivity contribution is -0.133. The fourth-order valence-electron chi connectivity index (χ4n) is 3.57. The monoisotopic (exact) mass is 447 g/mol. The number of para-hydroxylation sites is 1. The van der Waals surface area contributed by atoms with E-state index in [2.05, 4.69) is 15.2 Å². The van der Waals surface area contributed by atoms with Crippen molar-refractivity contribution in [1.82, 2.24) is 20.3 Å². The van der Waals surface area contributed by atoms with Crippen LogP contribution >= 0.6 is 11.3 Å². The molecule has 2 aromatic rings. The summed E-state index contributed by atoms with van der Waals surface area (Å²) in [6.07, 6.45) is 4.06. The Kier molecular flexibility index (Phi) is 8.74. The number of carbonyl (C=O) groups is 3. The highest BCUT2D eigenvalue weighted by molar-refractivity contribution is 7.22. The lowest BCUT2D eigenvalue weighted by atomic mass is 10.1. The first-order valence-corrected chi connectivity index (χ1v) is 11.5. The van der Waals surface area contributed by atoms with Crippen LogP contribution in [-0.4, -0.2) is 70.4 Å². The minimum atomic E-state index is -0.372. The number of unbranched alkanes of at least 4 members (excludes halogenated alkanes) is 3. The average Bonchev–Trinajstić information content (AvgIpc) is 3.18. The van der Waals surface area contributed by atoms with Gasteiger partial charge in [-0.15, -0.1) is 0 Å². The number of piperazine rings is 1. The van der Waals surface area contributed by atoms with E-state index in [1.807, 2.05) is 29.2 Å². The smallest absolute Gasteiger partial charge is 0.243 e. The predicted octanol–water partition coefficient (Wildman–Crippen LogP) is 2.22. The first-order valence-electron chi connectivity index (χ1n) is 10.6. The molecule has 10 heteroatoms. The van der Waals surface area contributed by atoms with E-state index >= 15 is 0 Å². The Morgan fingerprint density at radius 3 is 2.39 bits per heavy atom. The Bertz CT molecular complexity index is 862. The van der Waals surface area contributed by atoms with E-state index in [9.17, 15) is 14.4 Å². The second kappa shape index (κ2) is 11.7. The summed E-state index contributed by atoms with van der Waals surface area (Å²) in [7, 11) is 0. The van der Waals surface area contributed by atoms with Crippen molar-refractivity contribution in [2.45, 2.75) is 38.5 Å². The maximum absolute atomic E-state index is 12.4. The van der Waals surface area contributed by atoms with Crippen molar-refractivity contribution in [2.75, 3.05) is 38.0 Å². The summed E-state index contributed by atoms with van der Waals surface area (Å²) in [5.41, 5.74) is 2.50. The van der Waals surface area contributed by atoms with Crippen LogP contribution in [0.4, 0.5) is 5.13 Å². The van der Waals surface area contributed by atoms with E-state index in [0.717, 1.165) is 29.5 Å². The third-order valence-corrected chi connectivity index (χ3v) is 6.25. The molecule has 1 aromatic heterocycles. The number of carbonyl (C=O) groups excluding carboxylic acids is 3. The van der Waals surface area contributed by atoms with Crippen molar-refractivity contribution in [3.63, 3.8) is 0 Å². The van der Waals surface area contributed by atoms with E-state index in [1.165, 1.54) is 11.3 Å². The molecule has 0 spiro atoms. The number of aromatic nitrogens is 1. The summed E-state index contributed by atoms with van der Waals surface area (Å²) in [6.45, 7) is 2.90. The maximum atomic E-state index is 12.4. The molecule has 1 aromatic carbocycles.